The summed E-state index contributed by atoms with van der Waals surface area (Å²) in [5.41, 5.74) is 2.23. The third kappa shape index (κ3) is 5.27. The van der Waals surface area contributed by atoms with Crippen molar-refractivity contribution in [3.63, 3.8) is 0 Å². The van der Waals surface area contributed by atoms with Crippen LogP contribution in [0.15, 0.2) is 57.2 Å². The number of hydrogen-bond acceptors (Lipinski definition) is 7. The molecule has 1 fully saturated rings. The molecule has 2 heterocycles. The molecule has 34 heavy (non-hydrogen) atoms. The Morgan fingerprint density at radius 2 is 1.88 bits per heavy atom. The van der Waals surface area contributed by atoms with E-state index in [0.29, 0.717) is 37.4 Å². The number of ether oxygens (including phenoxy) is 1. The average Bonchev–Trinajstić information content (AvgIpc) is 3.34. The van der Waals surface area contributed by atoms with Crippen molar-refractivity contribution >= 4 is 54.0 Å². The standard InChI is InChI=1S/C23H25BrN4O4S2/c1-25-23-27-20(14-33-23)16-3-8-21(32-2)19(13-16)26-22(29)15-9-11-28(12-10-15)34(30,31)18-6-4-17(24)5-7-18/h3-8,13-15H,9-12H2,1-2H3,(H,25,27)(H,26,29). The number of methoxy groups -OCH3 is 1. The topological polar surface area (TPSA) is 101 Å². The van der Waals surface area contributed by atoms with Crippen LogP contribution >= 0.6 is 27.3 Å². The molecule has 8 nitrogen and oxygen atoms in total. The number of nitrogens with zero attached hydrogens (tertiary/aromatic N) is 2. The molecule has 1 aliphatic heterocycles. The number of sulfonamides is 1. The molecule has 1 aromatic heterocycles. The van der Waals surface area contributed by atoms with Gasteiger partial charge in [0, 0.05) is 41.5 Å². The van der Waals surface area contributed by atoms with Gasteiger partial charge in [0.1, 0.15) is 5.75 Å². The number of rotatable bonds is 7. The van der Waals surface area contributed by atoms with Gasteiger partial charge in [-0.25, -0.2) is 13.4 Å². The van der Waals surface area contributed by atoms with Gasteiger partial charge in [0.05, 0.1) is 23.4 Å². The Morgan fingerprint density at radius 1 is 1.18 bits per heavy atom. The van der Waals surface area contributed by atoms with Crippen LogP contribution in [0.1, 0.15) is 12.8 Å². The van der Waals surface area contributed by atoms with Crippen LogP contribution < -0.4 is 15.4 Å². The number of nitrogens with one attached hydrogen (secondary N) is 2. The number of thiazole rings is 1. The third-order valence-electron chi connectivity index (χ3n) is 5.75. The molecule has 3 aromatic rings. The van der Waals surface area contributed by atoms with Crippen molar-refractivity contribution in [2.75, 3.05) is 37.9 Å². The van der Waals surface area contributed by atoms with Gasteiger partial charge in [-0.1, -0.05) is 15.9 Å². The van der Waals surface area contributed by atoms with Crippen LogP contribution in [0.3, 0.4) is 0 Å². The van der Waals surface area contributed by atoms with Crippen LogP contribution in [0.5, 0.6) is 5.75 Å². The van der Waals surface area contributed by atoms with Crippen molar-refractivity contribution in [2.24, 2.45) is 5.92 Å². The molecule has 0 unspecified atom stereocenters. The minimum atomic E-state index is -3.58. The van der Waals surface area contributed by atoms with Gasteiger partial charge in [-0.2, -0.15) is 4.31 Å². The Kier molecular flexibility index (Phi) is 7.56. The summed E-state index contributed by atoms with van der Waals surface area (Å²) in [6, 6.07) is 12.1. The van der Waals surface area contributed by atoms with Gasteiger partial charge in [-0.05, 0) is 55.3 Å². The zero-order chi connectivity index (χ0) is 24.3. The van der Waals surface area contributed by atoms with Gasteiger partial charge < -0.3 is 15.4 Å². The summed E-state index contributed by atoms with van der Waals surface area (Å²) in [5, 5.41) is 8.75. The van der Waals surface area contributed by atoms with Crippen molar-refractivity contribution in [1.82, 2.24) is 9.29 Å². The van der Waals surface area contributed by atoms with Gasteiger partial charge in [-0.3, -0.25) is 4.79 Å². The van der Waals surface area contributed by atoms with Crippen LogP contribution in [0, 0.1) is 5.92 Å². The maximum atomic E-state index is 13.0. The smallest absolute Gasteiger partial charge is 0.243 e. The predicted molar refractivity (Wildman–Crippen MR) is 138 cm³/mol. The molecule has 0 atom stereocenters. The first-order chi connectivity index (χ1) is 16.3. The number of halogens is 1. The van der Waals surface area contributed by atoms with Crippen molar-refractivity contribution in [3.05, 3.63) is 52.3 Å². The van der Waals surface area contributed by atoms with Crippen LogP contribution in [0.4, 0.5) is 10.8 Å². The number of hydrogen-bond donors (Lipinski definition) is 2. The molecule has 11 heteroatoms. The highest BCUT2D eigenvalue weighted by molar-refractivity contribution is 9.10. The summed E-state index contributed by atoms with van der Waals surface area (Å²) >= 11 is 4.82. The molecule has 1 amide bonds. The van der Waals surface area contributed by atoms with E-state index in [9.17, 15) is 13.2 Å². The van der Waals surface area contributed by atoms with Gasteiger partial charge in [-0.15, -0.1) is 11.3 Å². The van der Waals surface area contributed by atoms with E-state index in [1.165, 1.54) is 15.6 Å². The monoisotopic (exact) mass is 564 g/mol. The van der Waals surface area contributed by atoms with Gasteiger partial charge >= 0.3 is 0 Å². The quantitative estimate of drug-likeness (QED) is 0.432. The first-order valence-corrected chi connectivity index (χ1v) is 13.8. The van der Waals surface area contributed by atoms with E-state index in [1.54, 1.807) is 37.4 Å². The number of anilines is 2. The van der Waals surface area contributed by atoms with Gasteiger partial charge in [0.2, 0.25) is 15.9 Å². The SMILES string of the molecule is CNc1nc(-c2ccc(OC)c(NC(=O)C3CCN(S(=O)(=O)c4ccc(Br)cc4)CC3)c2)cs1. The summed E-state index contributed by atoms with van der Waals surface area (Å²) in [4.78, 5) is 17.8. The summed E-state index contributed by atoms with van der Waals surface area (Å²) in [5.74, 6) is 0.113. The molecular weight excluding hydrogens is 540 g/mol. The highest BCUT2D eigenvalue weighted by Gasteiger charge is 2.32. The summed E-state index contributed by atoms with van der Waals surface area (Å²) in [7, 11) is -0.213. The van der Waals surface area contributed by atoms with Crippen LogP contribution in [0.2, 0.25) is 0 Å². The molecule has 0 saturated carbocycles. The fourth-order valence-electron chi connectivity index (χ4n) is 3.83. The average molecular weight is 566 g/mol. The maximum absolute atomic E-state index is 13.0. The Bertz CT molecular complexity index is 1270. The zero-order valence-corrected chi connectivity index (χ0v) is 22.0. The Hall–Kier alpha value is -2.47. The number of carbonyl (C=O) groups excluding carboxylic acids is 1. The minimum absolute atomic E-state index is 0.148. The van der Waals surface area contributed by atoms with Gasteiger partial charge in [0.15, 0.2) is 5.13 Å². The van der Waals surface area contributed by atoms with Crippen molar-refractivity contribution in [1.29, 1.82) is 0 Å². The molecule has 0 radical (unpaired) electrons. The summed E-state index contributed by atoms with van der Waals surface area (Å²) < 4.78 is 33.6. The second-order valence-electron chi connectivity index (χ2n) is 7.82. The van der Waals surface area contributed by atoms with Crippen LogP contribution in [-0.4, -0.2) is 50.9 Å². The number of benzene rings is 2. The molecule has 0 aliphatic carbocycles. The molecule has 2 aromatic carbocycles. The molecule has 0 spiro atoms. The number of aromatic nitrogens is 1. The van der Waals surface area contributed by atoms with E-state index < -0.39 is 10.0 Å². The second kappa shape index (κ2) is 10.4. The largest absolute Gasteiger partial charge is 0.495 e. The molecule has 1 aliphatic rings. The lowest BCUT2D eigenvalue weighted by atomic mass is 9.97. The lowest BCUT2D eigenvalue weighted by Crippen LogP contribution is -2.41. The van der Waals surface area contributed by atoms with Crippen LogP contribution in [0.25, 0.3) is 11.3 Å². The van der Waals surface area contributed by atoms with E-state index in [-0.39, 0.29) is 16.7 Å². The van der Waals surface area contributed by atoms with Crippen molar-refractivity contribution in [2.45, 2.75) is 17.7 Å². The fraction of sp³-hybridized carbons (Fsp3) is 0.304. The molecule has 180 valence electrons. The lowest BCUT2D eigenvalue weighted by Gasteiger charge is -2.30. The number of amides is 1. The van der Waals surface area contributed by atoms with E-state index in [1.807, 2.05) is 24.6 Å². The van der Waals surface area contributed by atoms with E-state index in [0.717, 1.165) is 20.9 Å². The minimum Gasteiger partial charge on any atom is -0.495 e. The molecule has 0 bridgehead atoms. The number of piperidine rings is 1. The molecule has 2 N–H and O–H groups in total. The number of carbonyl (C=O) groups is 1. The molecular formula is C23H25BrN4O4S2. The Labute approximate surface area is 211 Å². The highest BCUT2D eigenvalue weighted by Crippen LogP contribution is 2.33. The van der Waals surface area contributed by atoms with E-state index in [4.69, 9.17) is 4.74 Å². The Morgan fingerprint density at radius 3 is 2.50 bits per heavy atom. The molecule has 4 rings (SSSR count). The first-order valence-electron chi connectivity index (χ1n) is 10.7. The summed E-state index contributed by atoms with van der Waals surface area (Å²) in [6.45, 7) is 0.582. The van der Waals surface area contributed by atoms with E-state index >= 15 is 0 Å². The zero-order valence-electron chi connectivity index (χ0n) is 18.7. The van der Waals surface area contributed by atoms with Gasteiger partial charge in [0.25, 0.3) is 0 Å². The predicted octanol–water partition coefficient (Wildman–Crippen LogP) is 4.66. The first kappa shape index (κ1) is 24.6. The normalized spacial score (nSPS) is 15.1. The van der Waals surface area contributed by atoms with Crippen LogP contribution in [-0.2, 0) is 14.8 Å². The molecule has 1 saturated heterocycles. The van der Waals surface area contributed by atoms with E-state index in [2.05, 4.69) is 31.5 Å². The Balaban J connectivity index is 1.43. The highest BCUT2D eigenvalue weighted by atomic mass is 79.9. The maximum Gasteiger partial charge on any atom is 0.243 e. The third-order valence-corrected chi connectivity index (χ3v) is 9.05. The fourth-order valence-corrected chi connectivity index (χ4v) is 6.25. The van der Waals surface area contributed by atoms with Crippen molar-refractivity contribution < 1.29 is 17.9 Å². The van der Waals surface area contributed by atoms with Crippen molar-refractivity contribution in [3.8, 4) is 17.0 Å². The second-order valence-corrected chi connectivity index (χ2v) is 11.5. The lowest BCUT2D eigenvalue weighted by molar-refractivity contribution is -0.120. The summed E-state index contributed by atoms with van der Waals surface area (Å²) in [6.07, 6.45) is 0.891.